The summed E-state index contributed by atoms with van der Waals surface area (Å²) >= 11 is 0. The van der Waals surface area contributed by atoms with Crippen molar-refractivity contribution < 1.29 is 18.2 Å². The van der Waals surface area contributed by atoms with Gasteiger partial charge in [0.15, 0.2) is 0 Å². The predicted octanol–water partition coefficient (Wildman–Crippen LogP) is 11.9. The van der Waals surface area contributed by atoms with Crippen molar-refractivity contribution in [3.63, 3.8) is 0 Å². The Labute approximate surface area is 238 Å². The quantitative estimate of drug-likeness (QED) is 0.0490. The van der Waals surface area contributed by atoms with Crippen LogP contribution < -0.4 is 5.48 Å². The van der Waals surface area contributed by atoms with Gasteiger partial charge in [0.2, 0.25) is 0 Å². The smallest absolute Gasteiger partial charge is 0.286 e. The standard InChI is InChI=1S/C32H68NO4P/c1-4-7-10-13-16-18-20-22-25-28-31-35-38(34,37-33-30-27-24-15-12-9-6-3)36-32-29-26-23-21-19-17-14-11-8-5-2/h33H,4-32H2,1-3H3. The van der Waals surface area contributed by atoms with Gasteiger partial charge in [0, 0.05) is 6.54 Å². The first-order valence-corrected chi connectivity index (χ1v) is 18.4. The molecule has 0 spiro atoms. The number of unbranched alkanes of at least 4 members (excludes halogenated alkanes) is 23. The van der Waals surface area contributed by atoms with Crippen molar-refractivity contribution >= 4 is 7.82 Å². The van der Waals surface area contributed by atoms with E-state index < -0.39 is 7.82 Å². The molecular formula is C32H68NO4P. The lowest BCUT2D eigenvalue weighted by Gasteiger charge is -2.18. The van der Waals surface area contributed by atoms with Crippen molar-refractivity contribution in [3.05, 3.63) is 0 Å². The molecule has 0 rings (SSSR count). The van der Waals surface area contributed by atoms with Crippen LogP contribution >= 0.6 is 7.82 Å². The molecule has 0 aliphatic rings. The second kappa shape index (κ2) is 31.6. The Hall–Kier alpha value is 0.0700. The summed E-state index contributed by atoms with van der Waals surface area (Å²) < 4.78 is 30.1. The highest BCUT2D eigenvalue weighted by Crippen LogP contribution is 2.48. The molecule has 6 heteroatoms. The van der Waals surface area contributed by atoms with Crippen LogP contribution in [0, 0.1) is 0 Å². The van der Waals surface area contributed by atoms with Crippen LogP contribution in [0.1, 0.15) is 188 Å². The first-order valence-electron chi connectivity index (χ1n) is 17.0. The summed E-state index contributed by atoms with van der Waals surface area (Å²) in [5, 5.41) is 0. The minimum absolute atomic E-state index is 0.435. The van der Waals surface area contributed by atoms with Crippen LogP contribution in [0.15, 0.2) is 0 Å². The summed E-state index contributed by atoms with van der Waals surface area (Å²) in [5.41, 5.74) is 2.88. The van der Waals surface area contributed by atoms with Crippen LogP contribution in [0.5, 0.6) is 0 Å². The molecule has 38 heavy (non-hydrogen) atoms. The Bertz CT molecular complexity index is 462. The number of phosphoric acid groups is 1. The molecule has 0 aromatic rings. The molecule has 0 aromatic carbocycles. The maximum absolute atomic E-state index is 13.2. The molecule has 0 saturated heterocycles. The van der Waals surface area contributed by atoms with Crippen molar-refractivity contribution in [2.24, 2.45) is 0 Å². The van der Waals surface area contributed by atoms with Crippen LogP contribution in [0.4, 0.5) is 0 Å². The number of rotatable bonds is 33. The molecule has 0 atom stereocenters. The third-order valence-electron chi connectivity index (χ3n) is 7.30. The fraction of sp³-hybridized carbons (Fsp3) is 1.00. The highest BCUT2D eigenvalue weighted by atomic mass is 31.2. The molecule has 0 bridgehead atoms. The van der Waals surface area contributed by atoms with Crippen molar-refractivity contribution in [2.45, 2.75) is 188 Å². The third kappa shape index (κ3) is 29.1. The highest BCUT2D eigenvalue weighted by molar-refractivity contribution is 7.48. The highest BCUT2D eigenvalue weighted by Gasteiger charge is 2.26. The zero-order chi connectivity index (χ0) is 27.8. The summed E-state index contributed by atoms with van der Waals surface area (Å²) in [6, 6.07) is 0. The normalized spacial score (nSPS) is 12.0. The molecule has 230 valence electrons. The van der Waals surface area contributed by atoms with Crippen molar-refractivity contribution in [3.8, 4) is 0 Å². The number of phosphoric ester groups is 1. The van der Waals surface area contributed by atoms with E-state index in [1.54, 1.807) is 0 Å². The van der Waals surface area contributed by atoms with E-state index in [4.69, 9.17) is 13.7 Å². The summed E-state index contributed by atoms with van der Waals surface area (Å²) in [4.78, 5) is 0. The first-order chi connectivity index (χ1) is 18.7. The second-order valence-electron chi connectivity index (χ2n) is 11.2. The van der Waals surface area contributed by atoms with Gasteiger partial charge in [-0.05, 0) is 19.3 Å². The number of hydroxylamine groups is 1. The largest absolute Gasteiger partial charge is 0.491 e. The van der Waals surface area contributed by atoms with Gasteiger partial charge in [-0.15, -0.1) is 0 Å². The van der Waals surface area contributed by atoms with Crippen molar-refractivity contribution in [1.82, 2.24) is 5.48 Å². The van der Waals surface area contributed by atoms with E-state index in [0.29, 0.717) is 19.8 Å². The van der Waals surface area contributed by atoms with E-state index in [1.807, 2.05) is 0 Å². The van der Waals surface area contributed by atoms with E-state index in [-0.39, 0.29) is 0 Å². The van der Waals surface area contributed by atoms with E-state index in [2.05, 4.69) is 26.3 Å². The lowest BCUT2D eigenvalue weighted by molar-refractivity contribution is 0.0688. The summed E-state index contributed by atoms with van der Waals surface area (Å²) in [6.07, 6.45) is 32.6. The molecule has 0 aliphatic heterocycles. The second-order valence-corrected chi connectivity index (χ2v) is 12.8. The first kappa shape index (κ1) is 38.1. The van der Waals surface area contributed by atoms with Gasteiger partial charge in [0.05, 0.1) is 13.2 Å². The zero-order valence-electron chi connectivity index (χ0n) is 26.1. The molecule has 0 radical (unpaired) electrons. The van der Waals surface area contributed by atoms with Crippen molar-refractivity contribution in [1.29, 1.82) is 0 Å². The SMILES string of the molecule is CCCCCCCCCCCCOP(=O)(OCCCCCCCCCCCC)ONCCCCCCCC. The van der Waals surface area contributed by atoms with E-state index in [0.717, 1.165) is 32.1 Å². The average molecular weight is 562 g/mol. The topological polar surface area (TPSA) is 56.8 Å². The van der Waals surface area contributed by atoms with Gasteiger partial charge in [-0.2, -0.15) is 10.1 Å². The Morgan fingerprint density at radius 1 is 0.421 bits per heavy atom. The maximum Gasteiger partial charge on any atom is 0.491 e. The lowest BCUT2D eigenvalue weighted by atomic mass is 10.1. The maximum atomic E-state index is 13.2. The van der Waals surface area contributed by atoms with E-state index in [9.17, 15) is 4.57 Å². The molecule has 0 fully saturated rings. The fourth-order valence-electron chi connectivity index (χ4n) is 4.72. The van der Waals surface area contributed by atoms with Gasteiger partial charge in [-0.25, -0.2) is 4.57 Å². The van der Waals surface area contributed by atoms with E-state index in [1.165, 1.54) is 135 Å². The Balaban J connectivity index is 4.04. The van der Waals surface area contributed by atoms with E-state index >= 15 is 0 Å². The van der Waals surface area contributed by atoms with Gasteiger partial charge in [-0.1, -0.05) is 168 Å². The predicted molar refractivity (Wildman–Crippen MR) is 166 cm³/mol. The Kier molecular flexibility index (Phi) is 31.7. The Morgan fingerprint density at radius 2 is 0.711 bits per heavy atom. The molecule has 0 saturated carbocycles. The number of hydrogen-bond acceptors (Lipinski definition) is 5. The monoisotopic (exact) mass is 561 g/mol. The van der Waals surface area contributed by atoms with Crippen molar-refractivity contribution in [2.75, 3.05) is 19.8 Å². The van der Waals surface area contributed by atoms with Gasteiger partial charge in [0.25, 0.3) is 0 Å². The van der Waals surface area contributed by atoms with Gasteiger partial charge >= 0.3 is 7.82 Å². The zero-order valence-corrected chi connectivity index (χ0v) is 27.0. The summed E-state index contributed by atoms with van der Waals surface area (Å²) in [7, 11) is -3.55. The minimum Gasteiger partial charge on any atom is -0.286 e. The summed E-state index contributed by atoms with van der Waals surface area (Å²) in [6.45, 7) is 8.31. The molecule has 1 N–H and O–H groups in total. The number of nitrogens with one attached hydrogen (secondary N) is 1. The number of hydrogen-bond donors (Lipinski definition) is 1. The third-order valence-corrected chi connectivity index (χ3v) is 8.65. The van der Waals surface area contributed by atoms with Crippen LogP contribution in [0.3, 0.4) is 0 Å². The molecular weight excluding hydrogens is 493 g/mol. The molecule has 5 nitrogen and oxygen atoms in total. The Morgan fingerprint density at radius 3 is 1.05 bits per heavy atom. The summed E-state index contributed by atoms with van der Waals surface area (Å²) in [5.74, 6) is 0. The van der Waals surface area contributed by atoms with Crippen LogP contribution in [-0.2, 0) is 18.2 Å². The van der Waals surface area contributed by atoms with Crippen LogP contribution in [-0.4, -0.2) is 19.8 Å². The molecule has 0 aliphatic carbocycles. The van der Waals surface area contributed by atoms with Crippen LogP contribution in [0.25, 0.3) is 0 Å². The molecule has 0 heterocycles. The average Bonchev–Trinajstić information content (AvgIpc) is 2.92. The minimum atomic E-state index is -3.55. The fourth-order valence-corrected chi connectivity index (χ4v) is 5.86. The molecule has 0 unspecified atom stereocenters. The lowest BCUT2D eigenvalue weighted by Crippen LogP contribution is -2.17. The van der Waals surface area contributed by atoms with Gasteiger partial charge in [-0.3, -0.25) is 9.05 Å². The van der Waals surface area contributed by atoms with Gasteiger partial charge in [0.1, 0.15) is 0 Å². The molecule has 0 amide bonds. The van der Waals surface area contributed by atoms with Gasteiger partial charge < -0.3 is 0 Å². The molecule has 0 aromatic heterocycles. The van der Waals surface area contributed by atoms with Crippen LogP contribution in [0.2, 0.25) is 0 Å².